The molecule has 0 spiro atoms. The summed E-state index contributed by atoms with van der Waals surface area (Å²) in [4.78, 5) is 0. The van der Waals surface area contributed by atoms with Crippen molar-refractivity contribution in [3.63, 3.8) is 0 Å². The summed E-state index contributed by atoms with van der Waals surface area (Å²) in [6.07, 6.45) is 1.99. The summed E-state index contributed by atoms with van der Waals surface area (Å²) in [6.45, 7) is 0. The van der Waals surface area contributed by atoms with Gasteiger partial charge in [-0.1, -0.05) is 23.4 Å². The quantitative estimate of drug-likeness (QED) is 0.371. The molecule has 0 aliphatic carbocycles. The van der Waals surface area contributed by atoms with Gasteiger partial charge in [0, 0.05) is 0 Å². The summed E-state index contributed by atoms with van der Waals surface area (Å²) in [7, 11) is 3.04. The summed E-state index contributed by atoms with van der Waals surface area (Å²) < 4.78 is 5.00. The molecule has 9 heavy (non-hydrogen) atoms. The molecule has 0 atom stereocenters. The van der Waals surface area contributed by atoms with Crippen LogP contribution in [0.25, 0.3) is 0 Å². The van der Waals surface area contributed by atoms with Crippen molar-refractivity contribution in [1.29, 1.82) is 0 Å². The van der Waals surface area contributed by atoms with Crippen molar-refractivity contribution in [3.8, 4) is 0 Å². The highest BCUT2D eigenvalue weighted by molar-refractivity contribution is 8.02. The lowest BCUT2D eigenvalue weighted by Crippen LogP contribution is -3.00. The van der Waals surface area contributed by atoms with Crippen LogP contribution in [-0.4, -0.2) is 10.6 Å². The van der Waals surface area contributed by atoms with Gasteiger partial charge in [-0.3, -0.25) is 0 Å². The standard InChI is InChI=1S/C3H3ClNS3.ClH/c1-6-3-2(4)5-8-7-3;/h1H3;1H/q+1;/p-1. The molecule has 1 nitrogen and oxygen atoms in total. The summed E-state index contributed by atoms with van der Waals surface area (Å²) in [5, 5.41) is 0.646. The van der Waals surface area contributed by atoms with Gasteiger partial charge in [-0.05, 0) is 6.26 Å². The Morgan fingerprint density at radius 2 is 2.44 bits per heavy atom. The third-order valence-electron chi connectivity index (χ3n) is 0.584. The third kappa shape index (κ3) is 2.55. The average molecular weight is 220 g/mol. The Kier molecular flexibility index (Phi) is 5.16. The minimum absolute atomic E-state index is 0. The predicted octanol–water partition coefficient (Wildman–Crippen LogP) is -0.135. The van der Waals surface area contributed by atoms with Crippen molar-refractivity contribution in [2.45, 2.75) is 4.21 Å². The molecule has 0 aliphatic heterocycles. The maximum atomic E-state index is 5.63. The average Bonchev–Trinajstić information content (AvgIpc) is 2.14. The number of nitrogens with zero attached hydrogens (tertiary/aromatic N) is 1. The van der Waals surface area contributed by atoms with Gasteiger partial charge in [0.05, 0.1) is 0 Å². The van der Waals surface area contributed by atoms with Gasteiger partial charge < -0.3 is 12.4 Å². The van der Waals surface area contributed by atoms with E-state index in [1.54, 1.807) is 22.1 Å². The molecule has 1 heterocycles. The number of halogens is 2. The second-order valence-corrected chi connectivity index (χ2v) is 4.32. The molecule has 1 aromatic heterocycles. The van der Waals surface area contributed by atoms with Crippen LogP contribution in [0.4, 0.5) is 0 Å². The Morgan fingerprint density at radius 3 is 2.67 bits per heavy atom. The Labute approximate surface area is 76.4 Å². The Morgan fingerprint density at radius 1 is 1.78 bits per heavy atom. The number of aromatic nitrogens is 1. The van der Waals surface area contributed by atoms with Crippen molar-refractivity contribution in [3.05, 3.63) is 5.15 Å². The van der Waals surface area contributed by atoms with Gasteiger partial charge >= 0.3 is 14.5 Å². The molecule has 52 valence electrons. The van der Waals surface area contributed by atoms with E-state index in [4.69, 9.17) is 11.6 Å². The first-order valence-corrected chi connectivity index (χ1v) is 5.54. The molecule has 1 rings (SSSR count). The molecule has 0 N–H and O–H groups in total. The van der Waals surface area contributed by atoms with E-state index < -0.39 is 0 Å². The minimum Gasteiger partial charge on any atom is -1.00 e. The van der Waals surface area contributed by atoms with Crippen molar-refractivity contribution in [1.82, 2.24) is 4.37 Å². The van der Waals surface area contributed by atoms with Crippen LogP contribution in [0.2, 0.25) is 5.15 Å². The van der Waals surface area contributed by atoms with Crippen LogP contribution in [0.15, 0.2) is 4.21 Å². The molecule has 6 heteroatoms. The van der Waals surface area contributed by atoms with Crippen LogP contribution >= 0.6 is 44.2 Å². The van der Waals surface area contributed by atoms with E-state index in [9.17, 15) is 0 Å². The zero-order chi connectivity index (χ0) is 5.98. The molecule has 0 radical (unpaired) electrons. The third-order valence-corrected chi connectivity index (χ3v) is 4.44. The predicted molar refractivity (Wildman–Crippen MR) is 41.2 cm³/mol. The molecular weight excluding hydrogens is 217 g/mol. The summed E-state index contributed by atoms with van der Waals surface area (Å²) >= 11 is 7.27. The lowest BCUT2D eigenvalue weighted by atomic mass is 11.0. The van der Waals surface area contributed by atoms with Crippen molar-refractivity contribution in [2.24, 2.45) is 0 Å². The molecule has 0 fully saturated rings. The molecule has 0 saturated carbocycles. The van der Waals surface area contributed by atoms with Crippen LogP contribution in [0.1, 0.15) is 0 Å². The van der Waals surface area contributed by atoms with Crippen LogP contribution in [-0.2, 0) is 0 Å². The Hall–Kier alpha value is 0.910. The molecule has 0 saturated heterocycles. The van der Waals surface area contributed by atoms with E-state index in [1.165, 1.54) is 10.5 Å². The summed E-state index contributed by atoms with van der Waals surface area (Å²) in [6, 6.07) is 0. The molecule has 0 bridgehead atoms. The van der Waals surface area contributed by atoms with Gasteiger partial charge in [-0.2, -0.15) is 0 Å². The van der Waals surface area contributed by atoms with E-state index in [-0.39, 0.29) is 12.4 Å². The number of hydrogen-bond acceptors (Lipinski definition) is 3. The van der Waals surface area contributed by atoms with E-state index in [0.29, 0.717) is 5.15 Å². The Balaban J connectivity index is 0.000000640. The second kappa shape index (κ2) is 4.68. The number of thioether (sulfide) groups is 1. The smallest absolute Gasteiger partial charge is 0.332 e. The van der Waals surface area contributed by atoms with Crippen LogP contribution in [0.5, 0.6) is 0 Å². The first-order chi connectivity index (χ1) is 3.84. The monoisotopic (exact) mass is 219 g/mol. The normalized spacial score (nSPS) is 8.67. The minimum atomic E-state index is 0. The molecule has 0 aliphatic rings. The van der Waals surface area contributed by atoms with E-state index >= 15 is 0 Å². The maximum absolute atomic E-state index is 5.63. The topological polar surface area (TPSA) is 12.9 Å². The fraction of sp³-hybridized carbons (Fsp3) is 0.333. The SMILES string of the molecule is CSc1[s+]snc1Cl.[Cl-]. The first-order valence-electron chi connectivity index (χ1n) is 1.83. The maximum Gasteiger partial charge on any atom is 0.332 e. The second-order valence-electron chi connectivity index (χ2n) is 1.03. The van der Waals surface area contributed by atoms with E-state index in [0.717, 1.165) is 4.21 Å². The molecule has 1 aromatic rings. The first kappa shape index (κ1) is 9.91. The van der Waals surface area contributed by atoms with Gasteiger partial charge in [-0.25, -0.2) is 0 Å². The lowest BCUT2D eigenvalue weighted by molar-refractivity contribution is -0.00000151. The molecular formula is C3H3Cl2NS3. The van der Waals surface area contributed by atoms with E-state index in [2.05, 4.69) is 4.37 Å². The zero-order valence-electron chi connectivity index (χ0n) is 4.43. The fourth-order valence-electron chi connectivity index (χ4n) is 0.275. The zero-order valence-corrected chi connectivity index (χ0v) is 8.39. The largest absolute Gasteiger partial charge is 1.00 e. The van der Waals surface area contributed by atoms with Crippen LogP contribution < -0.4 is 12.4 Å². The van der Waals surface area contributed by atoms with Crippen molar-refractivity contribution < 1.29 is 12.4 Å². The molecule has 0 unspecified atom stereocenters. The summed E-state index contributed by atoms with van der Waals surface area (Å²) in [5.74, 6) is 0. The van der Waals surface area contributed by atoms with Gasteiger partial charge in [0.25, 0.3) is 10.5 Å². The van der Waals surface area contributed by atoms with Crippen LogP contribution in [0.3, 0.4) is 0 Å². The summed E-state index contributed by atoms with van der Waals surface area (Å²) in [5.41, 5.74) is 0. The lowest BCUT2D eigenvalue weighted by Gasteiger charge is -1.70. The van der Waals surface area contributed by atoms with Gasteiger partial charge in [-0.15, -0.1) is 4.37 Å². The van der Waals surface area contributed by atoms with E-state index in [1.807, 2.05) is 6.26 Å². The molecule has 0 aromatic carbocycles. The highest BCUT2D eigenvalue weighted by Crippen LogP contribution is 2.30. The molecule has 0 amide bonds. The van der Waals surface area contributed by atoms with Crippen molar-refractivity contribution in [2.75, 3.05) is 6.26 Å². The number of hydrogen-bond donors (Lipinski definition) is 0. The Bertz CT molecular complexity index is 177. The highest BCUT2D eigenvalue weighted by atomic mass is 35.5. The fourth-order valence-corrected chi connectivity index (χ4v) is 3.63. The van der Waals surface area contributed by atoms with Crippen molar-refractivity contribution >= 4 is 44.2 Å². The highest BCUT2D eigenvalue weighted by Gasteiger charge is 2.14. The number of rotatable bonds is 1. The van der Waals surface area contributed by atoms with Crippen LogP contribution in [0, 0.1) is 0 Å². The van der Waals surface area contributed by atoms with Gasteiger partial charge in [0.2, 0.25) is 5.15 Å². The van der Waals surface area contributed by atoms with Gasteiger partial charge in [0.1, 0.15) is 0 Å². The van der Waals surface area contributed by atoms with Gasteiger partial charge in [0.15, 0.2) is 0 Å².